The lowest BCUT2D eigenvalue weighted by Gasteiger charge is -2.04. The first-order chi connectivity index (χ1) is 10.1. The zero-order valence-corrected chi connectivity index (χ0v) is 11.5. The molecule has 110 valence electrons. The number of amidine groups is 1. The Morgan fingerprint density at radius 2 is 2.29 bits per heavy atom. The first-order valence-corrected chi connectivity index (χ1v) is 6.31. The van der Waals surface area contributed by atoms with Crippen LogP contribution in [0.5, 0.6) is 0 Å². The number of carbonyl (C=O) groups excluding carboxylic acids is 1. The molecule has 0 saturated heterocycles. The maximum Gasteiger partial charge on any atom is 0.269 e. The molecule has 2 rings (SSSR count). The third-order valence-electron chi connectivity index (χ3n) is 2.84. The number of carbonyl (C=O) groups is 1. The van der Waals surface area contributed by atoms with Gasteiger partial charge in [-0.25, -0.2) is 0 Å². The van der Waals surface area contributed by atoms with Crippen molar-refractivity contribution in [3.05, 3.63) is 47.5 Å². The van der Waals surface area contributed by atoms with Gasteiger partial charge in [0, 0.05) is 38.0 Å². The molecule has 0 saturated carbocycles. The Morgan fingerprint density at radius 3 is 2.86 bits per heavy atom. The molecule has 2 aromatic rings. The van der Waals surface area contributed by atoms with Gasteiger partial charge in [0.05, 0.1) is 5.69 Å². The summed E-state index contributed by atoms with van der Waals surface area (Å²) < 4.78 is 1.71. The number of nitrogens with two attached hydrogens (primary N) is 1. The van der Waals surface area contributed by atoms with E-state index in [1.165, 1.54) is 12.3 Å². The van der Waals surface area contributed by atoms with Gasteiger partial charge in [-0.3, -0.25) is 14.5 Å². The van der Waals surface area contributed by atoms with E-state index in [4.69, 9.17) is 10.9 Å². The number of aromatic nitrogens is 3. The summed E-state index contributed by atoms with van der Waals surface area (Å²) in [6.45, 7) is 0.472. The average molecular weight is 288 g/mol. The van der Waals surface area contributed by atoms with Gasteiger partial charge in [-0.2, -0.15) is 5.10 Å². The van der Waals surface area contributed by atoms with Gasteiger partial charge in [-0.1, -0.05) is 5.16 Å². The molecule has 0 spiro atoms. The number of aryl methyl sites for hydroxylation is 1. The lowest BCUT2D eigenvalue weighted by Crippen LogP contribution is -2.27. The van der Waals surface area contributed by atoms with Gasteiger partial charge in [-0.05, 0) is 18.2 Å². The van der Waals surface area contributed by atoms with E-state index in [1.54, 1.807) is 10.7 Å². The van der Waals surface area contributed by atoms with E-state index >= 15 is 0 Å². The molecule has 0 aliphatic heterocycles. The molecule has 2 aromatic heterocycles. The number of nitrogens with one attached hydrogen (secondary N) is 1. The maximum atomic E-state index is 11.9. The monoisotopic (exact) mass is 288 g/mol. The lowest BCUT2D eigenvalue weighted by molar-refractivity contribution is 0.0949. The lowest BCUT2D eigenvalue weighted by atomic mass is 10.2. The van der Waals surface area contributed by atoms with Crippen molar-refractivity contribution in [2.45, 2.75) is 6.42 Å². The SMILES string of the molecule is Cn1ccc(CCNC(=O)c2ccc(/C(N)=N/O)cn2)n1. The summed E-state index contributed by atoms with van der Waals surface area (Å²) in [5.41, 5.74) is 7.04. The predicted molar refractivity (Wildman–Crippen MR) is 76.0 cm³/mol. The number of rotatable bonds is 5. The Hall–Kier alpha value is -2.90. The minimum Gasteiger partial charge on any atom is -0.409 e. The number of hydrogen-bond donors (Lipinski definition) is 3. The fraction of sp³-hybridized carbons (Fsp3) is 0.231. The quantitative estimate of drug-likeness (QED) is 0.307. The van der Waals surface area contributed by atoms with Crippen molar-refractivity contribution in [3.8, 4) is 0 Å². The van der Waals surface area contributed by atoms with Gasteiger partial charge in [-0.15, -0.1) is 0 Å². The maximum absolute atomic E-state index is 11.9. The Balaban J connectivity index is 1.88. The summed E-state index contributed by atoms with van der Waals surface area (Å²) >= 11 is 0. The Bertz CT molecular complexity index is 647. The van der Waals surface area contributed by atoms with Crippen LogP contribution in [0.15, 0.2) is 35.7 Å². The smallest absolute Gasteiger partial charge is 0.269 e. The highest BCUT2D eigenvalue weighted by atomic mass is 16.4. The minimum absolute atomic E-state index is 0.0513. The third-order valence-corrected chi connectivity index (χ3v) is 2.84. The van der Waals surface area contributed by atoms with Crippen LogP contribution in [0.1, 0.15) is 21.7 Å². The highest BCUT2D eigenvalue weighted by molar-refractivity contribution is 5.98. The van der Waals surface area contributed by atoms with Crippen LogP contribution in [0.4, 0.5) is 0 Å². The van der Waals surface area contributed by atoms with E-state index in [0.29, 0.717) is 18.5 Å². The van der Waals surface area contributed by atoms with Gasteiger partial charge < -0.3 is 16.3 Å². The molecule has 0 atom stereocenters. The van der Waals surface area contributed by atoms with Crippen LogP contribution in [0.3, 0.4) is 0 Å². The van der Waals surface area contributed by atoms with Crippen molar-refractivity contribution in [1.82, 2.24) is 20.1 Å². The number of oxime groups is 1. The number of nitrogens with zero attached hydrogens (tertiary/aromatic N) is 4. The van der Waals surface area contributed by atoms with Crippen LogP contribution >= 0.6 is 0 Å². The standard InChI is InChI=1S/C13H16N6O2/c1-19-7-5-10(17-19)4-6-15-13(20)11-3-2-9(8-16-11)12(14)18-21/h2-3,5,7-8,21H,4,6H2,1H3,(H2,14,18)(H,15,20). The van der Waals surface area contributed by atoms with Crippen molar-refractivity contribution >= 4 is 11.7 Å². The summed E-state index contributed by atoms with van der Waals surface area (Å²) in [4.78, 5) is 15.9. The molecular formula is C13H16N6O2. The third kappa shape index (κ3) is 3.78. The second kappa shape index (κ2) is 6.51. The molecule has 0 aromatic carbocycles. The zero-order chi connectivity index (χ0) is 15.2. The van der Waals surface area contributed by atoms with Gasteiger partial charge in [0.1, 0.15) is 5.69 Å². The summed E-state index contributed by atoms with van der Waals surface area (Å²) in [6, 6.07) is 4.98. The Labute approximate surface area is 121 Å². The van der Waals surface area contributed by atoms with E-state index < -0.39 is 0 Å². The summed E-state index contributed by atoms with van der Waals surface area (Å²) in [6.07, 6.45) is 3.88. The highest BCUT2D eigenvalue weighted by Gasteiger charge is 2.08. The second-order valence-electron chi connectivity index (χ2n) is 4.40. The van der Waals surface area contributed by atoms with Crippen molar-refractivity contribution in [3.63, 3.8) is 0 Å². The molecule has 21 heavy (non-hydrogen) atoms. The average Bonchev–Trinajstić information content (AvgIpc) is 2.92. The predicted octanol–water partition coefficient (Wildman–Crippen LogP) is -0.118. The van der Waals surface area contributed by atoms with Crippen molar-refractivity contribution in [2.24, 2.45) is 17.9 Å². The first-order valence-electron chi connectivity index (χ1n) is 6.31. The van der Waals surface area contributed by atoms with Crippen LogP contribution in [-0.2, 0) is 13.5 Å². The van der Waals surface area contributed by atoms with Crippen LogP contribution in [0, 0.1) is 0 Å². The highest BCUT2D eigenvalue weighted by Crippen LogP contribution is 2.00. The molecule has 0 aliphatic carbocycles. The number of hydrogen-bond acceptors (Lipinski definition) is 5. The second-order valence-corrected chi connectivity index (χ2v) is 4.40. The normalized spacial score (nSPS) is 11.4. The molecule has 0 aliphatic rings. The van der Waals surface area contributed by atoms with Crippen LogP contribution in [-0.4, -0.2) is 38.3 Å². The summed E-state index contributed by atoms with van der Waals surface area (Å²) in [5.74, 6) is -0.332. The van der Waals surface area contributed by atoms with Crippen molar-refractivity contribution in [2.75, 3.05) is 6.54 Å². The number of amides is 1. The molecule has 2 heterocycles. The van der Waals surface area contributed by atoms with E-state index in [9.17, 15) is 4.79 Å². The molecule has 1 amide bonds. The Morgan fingerprint density at radius 1 is 1.48 bits per heavy atom. The summed E-state index contributed by atoms with van der Waals surface area (Å²) in [7, 11) is 1.84. The van der Waals surface area contributed by atoms with E-state index in [2.05, 4.69) is 20.6 Å². The van der Waals surface area contributed by atoms with Gasteiger partial charge in [0.15, 0.2) is 5.84 Å². The van der Waals surface area contributed by atoms with Gasteiger partial charge in [0.25, 0.3) is 5.91 Å². The van der Waals surface area contributed by atoms with Crippen LogP contribution < -0.4 is 11.1 Å². The topological polar surface area (TPSA) is 118 Å². The van der Waals surface area contributed by atoms with Crippen molar-refractivity contribution in [1.29, 1.82) is 0 Å². The molecule has 0 radical (unpaired) electrons. The number of pyridine rings is 1. The van der Waals surface area contributed by atoms with Crippen molar-refractivity contribution < 1.29 is 10.0 Å². The van der Waals surface area contributed by atoms with E-state index in [1.807, 2.05) is 19.3 Å². The van der Waals surface area contributed by atoms with Gasteiger partial charge in [0.2, 0.25) is 0 Å². The molecule has 4 N–H and O–H groups in total. The molecule has 0 fully saturated rings. The molecular weight excluding hydrogens is 272 g/mol. The fourth-order valence-corrected chi connectivity index (χ4v) is 1.73. The van der Waals surface area contributed by atoms with Crippen LogP contribution in [0.25, 0.3) is 0 Å². The molecule has 0 unspecified atom stereocenters. The molecule has 8 heteroatoms. The Kier molecular flexibility index (Phi) is 4.50. The van der Waals surface area contributed by atoms with E-state index in [-0.39, 0.29) is 17.4 Å². The minimum atomic E-state index is -0.281. The van der Waals surface area contributed by atoms with E-state index in [0.717, 1.165) is 5.69 Å². The van der Waals surface area contributed by atoms with Crippen LogP contribution in [0.2, 0.25) is 0 Å². The zero-order valence-electron chi connectivity index (χ0n) is 11.5. The first kappa shape index (κ1) is 14.5. The molecule has 0 bridgehead atoms. The summed E-state index contributed by atoms with van der Waals surface area (Å²) in [5, 5.41) is 18.4. The molecule has 8 nitrogen and oxygen atoms in total. The largest absolute Gasteiger partial charge is 0.409 e. The fourth-order valence-electron chi connectivity index (χ4n) is 1.73. The van der Waals surface area contributed by atoms with Gasteiger partial charge >= 0.3 is 0 Å².